The Labute approximate surface area is 92.5 Å². The molecule has 2 rings (SSSR count). The van der Waals surface area contributed by atoms with Crippen molar-refractivity contribution in [3.05, 3.63) is 24.3 Å². The molecule has 0 aliphatic rings. The Morgan fingerprint density at radius 3 is 2.93 bits per heavy atom. The molecule has 4 heteroatoms. The quantitative estimate of drug-likeness (QED) is 0.625. The van der Waals surface area contributed by atoms with E-state index in [0.29, 0.717) is 5.22 Å². The highest BCUT2D eigenvalue weighted by Crippen LogP contribution is 2.23. The van der Waals surface area contributed by atoms with Crippen molar-refractivity contribution in [1.82, 2.24) is 4.98 Å². The Bertz CT molecular complexity index is 394. The van der Waals surface area contributed by atoms with Crippen molar-refractivity contribution in [3.63, 3.8) is 0 Å². The molecule has 1 heterocycles. The van der Waals surface area contributed by atoms with Gasteiger partial charge in [0.2, 0.25) is 0 Å². The Balaban J connectivity index is 1.97. The third kappa shape index (κ3) is 2.73. The Hall–Kier alpha value is -1.00. The zero-order valence-corrected chi connectivity index (χ0v) is 9.17. The van der Waals surface area contributed by atoms with Crippen LogP contribution in [0.1, 0.15) is 12.8 Å². The lowest BCUT2D eigenvalue weighted by molar-refractivity contribution is 0.287. The molecular weight excluding hydrogens is 210 g/mol. The molecule has 1 aromatic carbocycles. The van der Waals surface area contributed by atoms with Gasteiger partial charge >= 0.3 is 0 Å². The van der Waals surface area contributed by atoms with Crippen molar-refractivity contribution in [1.29, 1.82) is 0 Å². The lowest BCUT2D eigenvalue weighted by Crippen LogP contribution is -1.85. The SMILES string of the molecule is OCCCCSc1nc2ccccc2o1. The van der Waals surface area contributed by atoms with Crippen LogP contribution in [0.15, 0.2) is 33.9 Å². The van der Waals surface area contributed by atoms with Crippen LogP contribution < -0.4 is 0 Å². The lowest BCUT2D eigenvalue weighted by atomic mass is 10.3. The second-order valence-electron chi connectivity index (χ2n) is 3.23. The van der Waals surface area contributed by atoms with Crippen LogP contribution in [-0.2, 0) is 0 Å². The first-order valence-corrected chi connectivity index (χ1v) is 5.98. The maximum absolute atomic E-state index is 8.63. The second kappa shape index (κ2) is 5.19. The zero-order chi connectivity index (χ0) is 10.5. The van der Waals surface area contributed by atoms with E-state index in [1.54, 1.807) is 11.8 Å². The molecule has 3 nitrogen and oxygen atoms in total. The number of oxazole rings is 1. The minimum Gasteiger partial charge on any atom is -0.431 e. The highest BCUT2D eigenvalue weighted by Gasteiger charge is 2.04. The number of hydrogen-bond acceptors (Lipinski definition) is 4. The van der Waals surface area contributed by atoms with Gasteiger partial charge in [0.1, 0.15) is 5.52 Å². The Kier molecular flexibility index (Phi) is 3.64. The first-order valence-electron chi connectivity index (χ1n) is 4.99. The number of aliphatic hydroxyl groups excluding tert-OH is 1. The number of unbranched alkanes of at least 4 members (excludes halogenated alkanes) is 1. The van der Waals surface area contributed by atoms with E-state index < -0.39 is 0 Å². The van der Waals surface area contributed by atoms with E-state index in [0.717, 1.165) is 29.7 Å². The average Bonchev–Trinajstić information content (AvgIpc) is 2.67. The zero-order valence-electron chi connectivity index (χ0n) is 8.35. The van der Waals surface area contributed by atoms with Gasteiger partial charge in [-0.15, -0.1) is 0 Å². The van der Waals surface area contributed by atoms with Gasteiger partial charge in [0, 0.05) is 12.4 Å². The van der Waals surface area contributed by atoms with Crippen LogP contribution in [0.4, 0.5) is 0 Å². The van der Waals surface area contributed by atoms with Crippen LogP contribution in [0, 0.1) is 0 Å². The summed E-state index contributed by atoms with van der Waals surface area (Å²) in [6.45, 7) is 0.258. The van der Waals surface area contributed by atoms with E-state index in [4.69, 9.17) is 9.52 Å². The molecule has 0 atom stereocenters. The van der Waals surface area contributed by atoms with Crippen LogP contribution in [0.5, 0.6) is 0 Å². The molecule has 2 aromatic rings. The van der Waals surface area contributed by atoms with Gasteiger partial charge in [-0.3, -0.25) is 0 Å². The number of aromatic nitrogens is 1. The number of hydrogen-bond donors (Lipinski definition) is 1. The number of rotatable bonds is 5. The van der Waals surface area contributed by atoms with Crippen LogP contribution >= 0.6 is 11.8 Å². The van der Waals surface area contributed by atoms with Crippen LogP contribution in [0.3, 0.4) is 0 Å². The summed E-state index contributed by atoms with van der Waals surface area (Å²) in [7, 11) is 0. The molecule has 0 spiro atoms. The highest BCUT2D eigenvalue weighted by molar-refractivity contribution is 7.99. The van der Waals surface area contributed by atoms with Crippen molar-refractivity contribution in [2.24, 2.45) is 0 Å². The summed E-state index contributed by atoms with van der Waals surface area (Å²) < 4.78 is 5.54. The standard InChI is InChI=1S/C11H13NO2S/c13-7-3-4-8-15-11-12-9-5-1-2-6-10(9)14-11/h1-2,5-6,13H,3-4,7-8H2. The summed E-state index contributed by atoms with van der Waals surface area (Å²) in [5.74, 6) is 0.938. The number of fused-ring (bicyclic) bond motifs is 1. The van der Waals surface area contributed by atoms with E-state index >= 15 is 0 Å². The summed E-state index contributed by atoms with van der Waals surface area (Å²) in [5, 5.41) is 9.35. The number of benzene rings is 1. The Morgan fingerprint density at radius 1 is 1.27 bits per heavy atom. The summed E-state index contributed by atoms with van der Waals surface area (Å²) in [4.78, 5) is 4.34. The fourth-order valence-corrected chi connectivity index (χ4v) is 2.12. The lowest BCUT2D eigenvalue weighted by Gasteiger charge is -1.94. The van der Waals surface area contributed by atoms with Crippen molar-refractivity contribution >= 4 is 22.9 Å². The van der Waals surface area contributed by atoms with Crippen LogP contribution in [0.25, 0.3) is 11.1 Å². The van der Waals surface area contributed by atoms with Gasteiger partial charge in [0.25, 0.3) is 5.22 Å². The summed E-state index contributed by atoms with van der Waals surface area (Å²) >= 11 is 1.60. The van der Waals surface area contributed by atoms with E-state index in [1.807, 2.05) is 24.3 Å². The molecule has 0 unspecified atom stereocenters. The third-order valence-corrected chi connectivity index (χ3v) is 2.97. The van der Waals surface area contributed by atoms with Crippen molar-refractivity contribution < 1.29 is 9.52 Å². The number of thioether (sulfide) groups is 1. The molecule has 0 radical (unpaired) electrons. The van der Waals surface area contributed by atoms with Crippen molar-refractivity contribution in [3.8, 4) is 0 Å². The van der Waals surface area contributed by atoms with E-state index in [9.17, 15) is 0 Å². The minimum absolute atomic E-state index is 0.258. The van der Waals surface area contributed by atoms with Gasteiger partial charge in [0.15, 0.2) is 5.58 Å². The normalized spacial score (nSPS) is 11.0. The van der Waals surface area contributed by atoms with Gasteiger partial charge in [-0.05, 0) is 25.0 Å². The summed E-state index contributed by atoms with van der Waals surface area (Å²) in [5.41, 5.74) is 1.74. The molecule has 0 saturated heterocycles. The maximum Gasteiger partial charge on any atom is 0.256 e. The first-order chi connectivity index (χ1) is 7.40. The number of aliphatic hydroxyl groups is 1. The smallest absolute Gasteiger partial charge is 0.256 e. The molecule has 0 aliphatic carbocycles. The van der Waals surface area contributed by atoms with Gasteiger partial charge < -0.3 is 9.52 Å². The molecule has 0 amide bonds. The third-order valence-electron chi connectivity index (χ3n) is 2.05. The monoisotopic (exact) mass is 223 g/mol. The topological polar surface area (TPSA) is 46.3 Å². The van der Waals surface area contributed by atoms with E-state index in [1.165, 1.54) is 0 Å². The fraction of sp³-hybridized carbons (Fsp3) is 0.364. The van der Waals surface area contributed by atoms with Gasteiger partial charge in [-0.2, -0.15) is 0 Å². The maximum atomic E-state index is 8.63. The second-order valence-corrected chi connectivity index (χ2v) is 4.27. The largest absolute Gasteiger partial charge is 0.431 e. The molecule has 0 fully saturated rings. The van der Waals surface area contributed by atoms with Crippen molar-refractivity contribution in [2.75, 3.05) is 12.4 Å². The molecule has 80 valence electrons. The van der Waals surface area contributed by atoms with Gasteiger partial charge in [-0.1, -0.05) is 23.9 Å². The van der Waals surface area contributed by atoms with E-state index in [2.05, 4.69) is 4.98 Å². The molecule has 15 heavy (non-hydrogen) atoms. The molecule has 1 N–H and O–H groups in total. The van der Waals surface area contributed by atoms with Crippen molar-refractivity contribution in [2.45, 2.75) is 18.1 Å². The molecule has 0 aliphatic heterocycles. The van der Waals surface area contributed by atoms with Crippen LogP contribution in [0.2, 0.25) is 0 Å². The summed E-state index contributed by atoms with van der Waals surface area (Å²) in [6.07, 6.45) is 1.83. The molecule has 1 aromatic heterocycles. The summed E-state index contributed by atoms with van der Waals surface area (Å²) in [6, 6.07) is 7.75. The predicted molar refractivity (Wildman–Crippen MR) is 61.1 cm³/mol. The molecular formula is C11H13NO2S. The Morgan fingerprint density at radius 2 is 2.13 bits per heavy atom. The number of para-hydroxylation sites is 2. The van der Waals surface area contributed by atoms with Gasteiger partial charge in [-0.25, -0.2) is 4.98 Å². The van der Waals surface area contributed by atoms with Gasteiger partial charge in [0.05, 0.1) is 0 Å². The molecule has 0 bridgehead atoms. The van der Waals surface area contributed by atoms with E-state index in [-0.39, 0.29) is 6.61 Å². The predicted octanol–water partition coefficient (Wildman–Crippen LogP) is 2.69. The molecule has 0 saturated carbocycles. The number of nitrogens with zero attached hydrogens (tertiary/aromatic N) is 1. The average molecular weight is 223 g/mol. The minimum atomic E-state index is 0.258. The first kappa shape index (κ1) is 10.5. The fourth-order valence-electron chi connectivity index (χ4n) is 1.29. The highest BCUT2D eigenvalue weighted by atomic mass is 32.2. The van der Waals surface area contributed by atoms with Crippen LogP contribution in [-0.4, -0.2) is 22.5 Å².